The van der Waals surface area contributed by atoms with Crippen LogP contribution in [0.4, 0.5) is 4.39 Å². The van der Waals surface area contributed by atoms with Gasteiger partial charge >= 0.3 is 5.97 Å². The first-order chi connectivity index (χ1) is 10.9. The summed E-state index contributed by atoms with van der Waals surface area (Å²) in [6.07, 6.45) is 1.27. The fourth-order valence-electron chi connectivity index (χ4n) is 2.40. The third kappa shape index (κ3) is 2.85. The molecule has 0 bridgehead atoms. The van der Waals surface area contributed by atoms with E-state index in [0.717, 1.165) is 4.90 Å². The van der Waals surface area contributed by atoms with Gasteiger partial charge in [-0.3, -0.25) is 9.59 Å². The number of aromatic nitrogens is 2. The lowest BCUT2D eigenvalue weighted by Gasteiger charge is -2.11. The van der Waals surface area contributed by atoms with E-state index in [2.05, 4.69) is 9.97 Å². The van der Waals surface area contributed by atoms with E-state index in [1.165, 1.54) is 18.3 Å². The Morgan fingerprint density at radius 3 is 2.83 bits per heavy atom. The number of hydrogen-bond donors (Lipinski definition) is 1. The van der Waals surface area contributed by atoms with Crippen molar-refractivity contribution in [3.63, 3.8) is 0 Å². The summed E-state index contributed by atoms with van der Waals surface area (Å²) >= 11 is 11.7. The summed E-state index contributed by atoms with van der Waals surface area (Å²) in [4.78, 5) is 31.7. The Morgan fingerprint density at radius 2 is 2.13 bits per heavy atom. The maximum Gasteiger partial charge on any atom is 0.323 e. The van der Waals surface area contributed by atoms with Crippen molar-refractivity contribution in [1.29, 1.82) is 0 Å². The van der Waals surface area contributed by atoms with Gasteiger partial charge in [0, 0.05) is 16.7 Å². The zero-order valence-corrected chi connectivity index (χ0v) is 12.9. The Kier molecular flexibility index (Phi) is 3.91. The molecule has 0 fully saturated rings. The quantitative estimate of drug-likeness (QED) is 0.855. The van der Waals surface area contributed by atoms with Crippen LogP contribution in [0.3, 0.4) is 0 Å². The minimum absolute atomic E-state index is 0.0656. The molecule has 0 unspecified atom stereocenters. The van der Waals surface area contributed by atoms with Crippen molar-refractivity contribution in [2.24, 2.45) is 0 Å². The van der Waals surface area contributed by atoms with Crippen LogP contribution in [0.25, 0.3) is 11.3 Å². The first-order valence-electron chi connectivity index (χ1n) is 6.38. The Hall–Kier alpha value is -2.25. The highest BCUT2D eigenvalue weighted by atomic mass is 35.5. The molecule has 1 aliphatic rings. The Balaban J connectivity index is 2.08. The molecule has 2 aromatic rings. The molecule has 0 aliphatic carbocycles. The van der Waals surface area contributed by atoms with Crippen LogP contribution in [-0.4, -0.2) is 38.4 Å². The summed E-state index contributed by atoms with van der Waals surface area (Å²) in [7, 11) is 0. The topological polar surface area (TPSA) is 83.4 Å². The number of carboxylic acids is 1. The number of nitrogens with zero attached hydrogens (tertiary/aromatic N) is 3. The van der Waals surface area contributed by atoms with Crippen LogP contribution in [0.2, 0.25) is 10.3 Å². The van der Waals surface area contributed by atoms with Crippen molar-refractivity contribution in [1.82, 2.24) is 14.9 Å². The van der Waals surface area contributed by atoms with Crippen LogP contribution < -0.4 is 0 Å². The van der Waals surface area contributed by atoms with Crippen molar-refractivity contribution in [3.8, 4) is 11.3 Å². The zero-order chi connectivity index (χ0) is 16.7. The number of aliphatic carboxylic acids is 1. The second kappa shape index (κ2) is 5.75. The molecule has 0 saturated heterocycles. The van der Waals surface area contributed by atoms with Crippen molar-refractivity contribution >= 4 is 35.1 Å². The number of hydrogen-bond acceptors (Lipinski definition) is 4. The molecule has 118 valence electrons. The lowest BCUT2D eigenvalue weighted by Crippen LogP contribution is -2.29. The highest BCUT2D eigenvalue weighted by molar-refractivity contribution is 6.33. The van der Waals surface area contributed by atoms with Gasteiger partial charge in [-0.25, -0.2) is 14.4 Å². The molecule has 0 atom stereocenters. The summed E-state index contributed by atoms with van der Waals surface area (Å²) < 4.78 is 14.3. The van der Waals surface area contributed by atoms with Gasteiger partial charge in [-0.2, -0.15) is 0 Å². The third-order valence-electron chi connectivity index (χ3n) is 3.38. The van der Waals surface area contributed by atoms with Gasteiger partial charge in [-0.15, -0.1) is 0 Å². The molecule has 1 N–H and O–H groups in total. The second-order valence-corrected chi connectivity index (χ2v) is 5.62. The average molecular weight is 356 g/mol. The number of fused-ring (bicyclic) bond motifs is 1. The van der Waals surface area contributed by atoms with Crippen LogP contribution >= 0.6 is 23.2 Å². The lowest BCUT2D eigenvalue weighted by atomic mass is 10.0. The minimum Gasteiger partial charge on any atom is -0.480 e. The van der Waals surface area contributed by atoms with Crippen LogP contribution in [0.1, 0.15) is 15.9 Å². The molecule has 9 heteroatoms. The van der Waals surface area contributed by atoms with Crippen LogP contribution in [0.5, 0.6) is 0 Å². The van der Waals surface area contributed by atoms with Crippen molar-refractivity contribution in [2.75, 3.05) is 6.54 Å². The van der Waals surface area contributed by atoms with Gasteiger partial charge in [0.2, 0.25) is 5.28 Å². The number of carbonyl (C=O) groups is 2. The molecule has 6 nitrogen and oxygen atoms in total. The van der Waals surface area contributed by atoms with E-state index in [-0.39, 0.29) is 39.2 Å². The first kappa shape index (κ1) is 15.6. The monoisotopic (exact) mass is 355 g/mol. The molecule has 0 spiro atoms. The fraction of sp³-hybridized carbons (Fsp3) is 0.143. The van der Waals surface area contributed by atoms with Gasteiger partial charge in [-0.05, 0) is 23.7 Å². The maximum absolute atomic E-state index is 14.3. The van der Waals surface area contributed by atoms with Gasteiger partial charge in [0.25, 0.3) is 5.91 Å². The number of halogens is 3. The molecule has 1 aromatic heterocycles. The van der Waals surface area contributed by atoms with Gasteiger partial charge < -0.3 is 10.0 Å². The molecular formula is C14H8Cl2FN3O3. The van der Waals surface area contributed by atoms with Crippen molar-refractivity contribution in [3.05, 3.63) is 45.6 Å². The maximum atomic E-state index is 14.3. The van der Waals surface area contributed by atoms with E-state index in [0.29, 0.717) is 0 Å². The molecule has 23 heavy (non-hydrogen) atoms. The summed E-state index contributed by atoms with van der Waals surface area (Å²) in [6, 6.07) is 2.61. The molecule has 0 radical (unpaired) electrons. The van der Waals surface area contributed by atoms with Crippen molar-refractivity contribution < 1.29 is 19.1 Å². The number of carbonyl (C=O) groups excluding carboxylic acids is 1. The predicted octanol–water partition coefficient (Wildman–Crippen LogP) is 2.63. The van der Waals surface area contributed by atoms with E-state index in [1.807, 2.05) is 0 Å². The SMILES string of the molecule is O=C(O)CN1Cc2c(F)cc(-c3nc(Cl)ncc3Cl)cc2C1=O. The summed E-state index contributed by atoms with van der Waals surface area (Å²) in [5.41, 5.74) is 0.697. The van der Waals surface area contributed by atoms with Gasteiger partial charge in [0.15, 0.2) is 0 Å². The van der Waals surface area contributed by atoms with Crippen molar-refractivity contribution in [2.45, 2.75) is 6.54 Å². The van der Waals surface area contributed by atoms with Crippen LogP contribution in [0, 0.1) is 5.82 Å². The fourth-order valence-corrected chi connectivity index (χ4v) is 2.73. The standard InChI is InChI=1S/C14H8Cl2FN3O3/c15-9-3-18-14(16)19-12(9)6-1-7-8(10(17)2-6)4-20(13(7)23)5-11(21)22/h1-3H,4-5H2,(H,21,22). The molecule has 1 aromatic carbocycles. The molecule has 0 saturated carbocycles. The lowest BCUT2D eigenvalue weighted by molar-refractivity contribution is -0.137. The van der Waals surface area contributed by atoms with E-state index >= 15 is 0 Å². The normalized spacial score (nSPS) is 13.3. The summed E-state index contributed by atoms with van der Waals surface area (Å²) in [6.45, 7) is -0.590. The minimum atomic E-state index is -1.17. The molecule has 1 aliphatic heterocycles. The highest BCUT2D eigenvalue weighted by Crippen LogP contribution is 2.33. The van der Waals surface area contributed by atoms with Gasteiger partial charge in [0.1, 0.15) is 12.4 Å². The van der Waals surface area contributed by atoms with E-state index in [9.17, 15) is 14.0 Å². The number of carboxylic acid groups (broad SMARTS) is 1. The molecular weight excluding hydrogens is 348 g/mol. The second-order valence-electron chi connectivity index (χ2n) is 4.87. The van der Waals surface area contributed by atoms with E-state index < -0.39 is 24.2 Å². The Bertz CT molecular complexity index is 844. The number of amides is 1. The van der Waals surface area contributed by atoms with E-state index in [1.54, 1.807) is 0 Å². The largest absolute Gasteiger partial charge is 0.480 e. The number of benzene rings is 1. The smallest absolute Gasteiger partial charge is 0.323 e. The van der Waals surface area contributed by atoms with Crippen LogP contribution in [0.15, 0.2) is 18.3 Å². The summed E-state index contributed by atoms with van der Waals surface area (Å²) in [5.74, 6) is -2.36. The Labute approximate surface area is 139 Å². The molecule has 3 rings (SSSR count). The predicted molar refractivity (Wildman–Crippen MR) is 79.8 cm³/mol. The summed E-state index contributed by atoms with van der Waals surface area (Å²) in [5, 5.41) is 8.89. The van der Waals surface area contributed by atoms with E-state index in [4.69, 9.17) is 28.3 Å². The zero-order valence-electron chi connectivity index (χ0n) is 11.4. The highest BCUT2D eigenvalue weighted by Gasteiger charge is 2.32. The Morgan fingerprint density at radius 1 is 1.39 bits per heavy atom. The van der Waals surface area contributed by atoms with Gasteiger partial charge in [0.05, 0.1) is 23.5 Å². The molecule has 1 amide bonds. The molecule has 2 heterocycles. The van der Waals surface area contributed by atoms with Crippen LogP contribution in [-0.2, 0) is 11.3 Å². The average Bonchev–Trinajstić information content (AvgIpc) is 2.79. The van der Waals surface area contributed by atoms with Gasteiger partial charge in [-0.1, -0.05) is 11.6 Å². The first-order valence-corrected chi connectivity index (χ1v) is 7.14. The number of rotatable bonds is 3. The third-order valence-corrected chi connectivity index (χ3v) is 3.84.